The van der Waals surface area contributed by atoms with E-state index in [1.807, 2.05) is 31.4 Å². The molecule has 0 atom stereocenters. The van der Waals surface area contributed by atoms with Gasteiger partial charge in [-0.3, -0.25) is 9.67 Å². The third-order valence-electron chi connectivity index (χ3n) is 2.04. The molecule has 0 spiro atoms. The van der Waals surface area contributed by atoms with Crippen molar-refractivity contribution >= 4 is 0 Å². The third-order valence-corrected chi connectivity index (χ3v) is 2.04. The van der Waals surface area contributed by atoms with Gasteiger partial charge in [-0.05, 0) is 12.1 Å². The van der Waals surface area contributed by atoms with Gasteiger partial charge in [-0.25, -0.2) is 0 Å². The van der Waals surface area contributed by atoms with Gasteiger partial charge in [0.1, 0.15) is 0 Å². The summed E-state index contributed by atoms with van der Waals surface area (Å²) in [5, 5.41) is 4.26. The first-order valence-corrected chi connectivity index (χ1v) is 4.45. The van der Waals surface area contributed by atoms with Crippen LogP contribution in [0.5, 0.6) is 0 Å². The average molecular weight is 188 g/mol. The van der Waals surface area contributed by atoms with E-state index in [1.165, 1.54) is 0 Å². The fourth-order valence-corrected chi connectivity index (χ4v) is 1.42. The molecule has 14 heavy (non-hydrogen) atoms. The molecule has 0 radical (unpaired) electrons. The molecular formula is C10H12N4. The van der Waals surface area contributed by atoms with Gasteiger partial charge in [0.25, 0.3) is 0 Å². The largest absolute Gasteiger partial charge is 0.325 e. The fourth-order valence-electron chi connectivity index (χ4n) is 1.42. The maximum atomic E-state index is 5.60. The lowest BCUT2D eigenvalue weighted by Crippen LogP contribution is -2.00. The van der Waals surface area contributed by atoms with Gasteiger partial charge in [0.15, 0.2) is 0 Å². The van der Waals surface area contributed by atoms with Gasteiger partial charge in [0, 0.05) is 31.5 Å². The molecule has 0 aliphatic heterocycles. The molecule has 2 aromatic rings. The first-order chi connectivity index (χ1) is 6.81. The first kappa shape index (κ1) is 8.90. The number of nitrogens with two attached hydrogens (primary N) is 1. The maximum Gasteiger partial charge on any atom is 0.0854 e. The summed E-state index contributed by atoms with van der Waals surface area (Å²) >= 11 is 0. The van der Waals surface area contributed by atoms with Crippen molar-refractivity contribution in [1.82, 2.24) is 14.8 Å². The molecule has 0 saturated carbocycles. The maximum absolute atomic E-state index is 5.60. The van der Waals surface area contributed by atoms with E-state index in [4.69, 9.17) is 5.73 Å². The highest BCUT2D eigenvalue weighted by molar-refractivity contribution is 5.60. The highest BCUT2D eigenvalue weighted by atomic mass is 15.3. The molecule has 0 aliphatic rings. The first-order valence-electron chi connectivity index (χ1n) is 4.45. The Hall–Kier alpha value is -1.68. The van der Waals surface area contributed by atoms with Crippen molar-refractivity contribution in [2.75, 3.05) is 0 Å². The van der Waals surface area contributed by atoms with Gasteiger partial charge in [0.2, 0.25) is 0 Å². The van der Waals surface area contributed by atoms with Crippen molar-refractivity contribution in [3.63, 3.8) is 0 Å². The van der Waals surface area contributed by atoms with Crippen LogP contribution in [0.3, 0.4) is 0 Å². The number of hydrogen-bond acceptors (Lipinski definition) is 3. The smallest absolute Gasteiger partial charge is 0.0854 e. The normalized spacial score (nSPS) is 10.4. The summed E-state index contributed by atoms with van der Waals surface area (Å²) in [5.74, 6) is 0. The number of aromatic nitrogens is 3. The van der Waals surface area contributed by atoms with E-state index in [9.17, 15) is 0 Å². The predicted molar refractivity (Wildman–Crippen MR) is 54.3 cm³/mol. The molecule has 0 saturated heterocycles. The second-order valence-electron chi connectivity index (χ2n) is 3.08. The van der Waals surface area contributed by atoms with Crippen LogP contribution in [0.25, 0.3) is 11.3 Å². The number of hydrogen-bond donors (Lipinski definition) is 1. The summed E-state index contributed by atoms with van der Waals surface area (Å²) in [6, 6.07) is 5.80. The number of pyridine rings is 1. The quantitative estimate of drug-likeness (QED) is 0.763. The van der Waals surface area contributed by atoms with Crippen molar-refractivity contribution in [2.24, 2.45) is 12.8 Å². The molecule has 0 bridgehead atoms. The molecule has 0 fully saturated rings. The molecule has 4 heteroatoms. The summed E-state index contributed by atoms with van der Waals surface area (Å²) in [4.78, 5) is 4.26. The van der Waals surface area contributed by atoms with E-state index in [1.54, 1.807) is 10.9 Å². The molecule has 0 amide bonds. The third kappa shape index (κ3) is 1.52. The number of nitrogens with zero attached hydrogens (tertiary/aromatic N) is 3. The van der Waals surface area contributed by atoms with Crippen LogP contribution >= 0.6 is 0 Å². The minimum Gasteiger partial charge on any atom is -0.325 e. The molecule has 2 N–H and O–H groups in total. The second-order valence-corrected chi connectivity index (χ2v) is 3.08. The lowest BCUT2D eigenvalue weighted by Gasteiger charge is -1.97. The number of rotatable bonds is 2. The number of aryl methyl sites for hydroxylation is 1. The van der Waals surface area contributed by atoms with Crippen molar-refractivity contribution in [1.29, 1.82) is 0 Å². The molecule has 0 unspecified atom stereocenters. The van der Waals surface area contributed by atoms with Crippen LogP contribution in [-0.2, 0) is 13.6 Å². The zero-order chi connectivity index (χ0) is 9.97. The Labute approximate surface area is 82.4 Å². The highest BCUT2D eigenvalue weighted by Gasteiger charge is 2.08. The van der Waals surface area contributed by atoms with E-state index in [-0.39, 0.29) is 0 Å². The SMILES string of the molecule is Cn1cc(-c2ccccn2)c(CN)n1. The summed E-state index contributed by atoms with van der Waals surface area (Å²) in [6.45, 7) is 0.437. The summed E-state index contributed by atoms with van der Waals surface area (Å²) < 4.78 is 1.76. The van der Waals surface area contributed by atoms with Gasteiger partial charge < -0.3 is 5.73 Å². The Morgan fingerprint density at radius 3 is 2.93 bits per heavy atom. The van der Waals surface area contributed by atoms with Crippen molar-refractivity contribution < 1.29 is 0 Å². The molecule has 4 nitrogen and oxygen atoms in total. The molecule has 2 aromatic heterocycles. The summed E-state index contributed by atoms with van der Waals surface area (Å²) in [5.41, 5.74) is 8.41. The van der Waals surface area contributed by atoms with Crippen LogP contribution in [0, 0.1) is 0 Å². The van der Waals surface area contributed by atoms with Crippen LogP contribution in [-0.4, -0.2) is 14.8 Å². The molecular weight excluding hydrogens is 176 g/mol. The van der Waals surface area contributed by atoms with Crippen LogP contribution in [0.4, 0.5) is 0 Å². The molecule has 72 valence electrons. The van der Waals surface area contributed by atoms with Crippen LogP contribution in [0.2, 0.25) is 0 Å². The van der Waals surface area contributed by atoms with E-state index in [2.05, 4.69) is 10.1 Å². The van der Waals surface area contributed by atoms with E-state index < -0.39 is 0 Å². The molecule has 0 aromatic carbocycles. The second kappa shape index (κ2) is 3.59. The van der Waals surface area contributed by atoms with Crippen molar-refractivity contribution in [3.05, 3.63) is 36.3 Å². The minimum absolute atomic E-state index is 0.437. The molecule has 0 aliphatic carbocycles. The van der Waals surface area contributed by atoms with Crippen molar-refractivity contribution in [3.8, 4) is 11.3 Å². The Morgan fingerprint density at radius 2 is 2.29 bits per heavy atom. The van der Waals surface area contributed by atoms with E-state index >= 15 is 0 Å². The zero-order valence-corrected chi connectivity index (χ0v) is 8.01. The topological polar surface area (TPSA) is 56.7 Å². The fraction of sp³-hybridized carbons (Fsp3) is 0.200. The van der Waals surface area contributed by atoms with Crippen LogP contribution in [0.1, 0.15) is 5.69 Å². The Balaban J connectivity index is 2.51. The van der Waals surface area contributed by atoms with E-state index in [0.717, 1.165) is 17.0 Å². The lowest BCUT2D eigenvalue weighted by atomic mass is 10.1. The van der Waals surface area contributed by atoms with Gasteiger partial charge >= 0.3 is 0 Å². The Bertz CT molecular complexity index is 419. The lowest BCUT2D eigenvalue weighted by molar-refractivity contribution is 0.742. The van der Waals surface area contributed by atoms with Gasteiger partial charge in [-0.1, -0.05) is 6.07 Å². The van der Waals surface area contributed by atoms with Crippen molar-refractivity contribution in [2.45, 2.75) is 6.54 Å². The van der Waals surface area contributed by atoms with E-state index in [0.29, 0.717) is 6.54 Å². The van der Waals surface area contributed by atoms with Gasteiger partial charge in [0.05, 0.1) is 11.4 Å². The molecule has 2 heterocycles. The monoisotopic (exact) mass is 188 g/mol. The van der Waals surface area contributed by atoms with Gasteiger partial charge in [-0.2, -0.15) is 5.10 Å². The summed E-state index contributed by atoms with van der Waals surface area (Å²) in [7, 11) is 1.88. The Kier molecular flexibility index (Phi) is 2.28. The summed E-state index contributed by atoms with van der Waals surface area (Å²) in [6.07, 6.45) is 3.70. The zero-order valence-electron chi connectivity index (χ0n) is 8.01. The van der Waals surface area contributed by atoms with Gasteiger partial charge in [-0.15, -0.1) is 0 Å². The standard InChI is InChI=1S/C10H12N4/c1-14-7-8(10(6-11)13-14)9-4-2-3-5-12-9/h2-5,7H,6,11H2,1H3. The minimum atomic E-state index is 0.437. The highest BCUT2D eigenvalue weighted by Crippen LogP contribution is 2.19. The van der Waals surface area contributed by atoms with Crippen LogP contribution < -0.4 is 5.73 Å². The van der Waals surface area contributed by atoms with Crippen LogP contribution in [0.15, 0.2) is 30.6 Å². The molecule has 2 rings (SSSR count). The Morgan fingerprint density at radius 1 is 1.43 bits per heavy atom. The predicted octanol–water partition coefficient (Wildman–Crippen LogP) is 0.941. The average Bonchev–Trinajstić information content (AvgIpc) is 2.61.